The van der Waals surface area contributed by atoms with Crippen molar-refractivity contribution in [3.05, 3.63) is 126 Å². The number of aliphatic carboxylic acids is 1. The van der Waals surface area contributed by atoms with Crippen molar-refractivity contribution >= 4 is 92.8 Å². The topological polar surface area (TPSA) is 479 Å². The summed E-state index contributed by atoms with van der Waals surface area (Å²) in [4.78, 5) is 199. The summed E-state index contributed by atoms with van der Waals surface area (Å²) in [5.41, 5.74) is 11.4. The summed E-state index contributed by atoms with van der Waals surface area (Å²) >= 11 is 0. The lowest BCUT2D eigenvalue weighted by molar-refractivity contribution is -0.142. The molecule has 0 aliphatic carbocycles. The van der Waals surface area contributed by atoms with E-state index in [1.165, 1.54) is 65.7 Å². The molecule has 2 fully saturated rings. The highest BCUT2D eigenvalue weighted by Gasteiger charge is 2.38. The van der Waals surface area contributed by atoms with E-state index in [0.29, 0.717) is 104 Å². The number of carbonyl (C=O) groups is 14. The number of hydrogen-bond donors (Lipinski definition) is 14. The van der Waals surface area contributed by atoms with Crippen LogP contribution in [0.2, 0.25) is 0 Å². The number of Topliss-reactive ketones (excluding diaryl/α,β-unsaturated/α-hetero) is 7. The molecule has 7 rings (SSSR count). The molecule has 2 aliphatic heterocycles. The van der Waals surface area contributed by atoms with E-state index in [0.717, 1.165) is 58.7 Å². The van der Waals surface area contributed by atoms with Gasteiger partial charge in [0.1, 0.15) is 58.8 Å². The Balaban J connectivity index is 0.000000761. The molecule has 1 aromatic heterocycles. The van der Waals surface area contributed by atoms with Gasteiger partial charge in [-0.05, 0) is 201 Å². The zero-order valence-electron chi connectivity index (χ0n) is 70.3. The third-order valence-electron chi connectivity index (χ3n) is 21.5. The molecular weight excluding hydrogens is 1540 g/mol. The van der Waals surface area contributed by atoms with Crippen molar-refractivity contribution in [3.8, 4) is 17.2 Å². The first-order valence-electron chi connectivity index (χ1n) is 41.7. The highest BCUT2D eigenvalue weighted by molar-refractivity contribution is 6.41. The standard InChI is InChI=1S/C68H89N11O16.C20H36N2O3/c1-40(2)31-55-63(89)62(88)54(33-43-16-22-48(83)23-17-43)74-65(91)52(26-27-59(69)85)73-67(93)58(39-80)76-66(92)56(35-46-37-70-51-13-6-5-12-50(46)51)75-64(90)45(36-71-53(61(87)41(3)81)32-42-14-20-47(82)21-15-42)11-7-8-28-78(4)29-9-10-30-79(77-55)38-60(86)72-57(68(94)95)34-44-18-24-49(84)25-19-44;1-4-19(24)15-22-14-8-7-13-21(3)12-6-5-9-18(20(25)16-22)11-10-17(2)23/h5-6,12-25,37,40,45,52-58,70-71,77,80,82-84H,7-11,26-36,38-39H2,1-4H3,(H2,69,85)(H,72,86)(H,73,93)(H,74,91)(H,75,90)(H,76,92)(H,94,95);18H,4-16H2,1-3H3/t45-,52+,53+,54?,55+,56+,57+,58?;18-/m11/s1. The van der Waals surface area contributed by atoms with E-state index in [2.05, 4.69) is 54.3 Å². The van der Waals surface area contributed by atoms with Crippen LogP contribution in [0.25, 0.3) is 10.9 Å². The summed E-state index contributed by atoms with van der Waals surface area (Å²) in [7, 11) is 4.04. The second kappa shape index (κ2) is 51.2. The van der Waals surface area contributed by atoms with E-state index in [9.17, 15) is 92.7 Å². The number of H-pyrrole nitrogens is 1. The molecule has 0 saturated carbocycles. The first-order valence-corrected chi connectivity index (χ1v) is 41.7. The van der Waals surface area contributed by atoms with Crippen molar-refractivity contribution in [2.75, 3.05) is 86.1 Å². The number of amides is 6. The van der Waals surface area contributed by atoms with Crippen LogP contribution in [-0.4, -0.2) is 261 Å². The molecule has 5 aromatic rings. The molecule has 0 bridgehead atoms. The largest absolute Gasteiger partial charge is 0.508 e. The van der Waals surface area contributed by atoms with E-state index in [1.54, 1.807) is 57.3 Å². The van der Waals surface area contributed by atoms with Crippen LogP contribution in [0.5, 0.6) is 17.2 Å². The van der Waals surface area contributed by atoms with Crippen molar-refractivity contribution in [2.24, 2.45) is 23.5 Å². The summed E-state index contributed by atoms with van der Waals surface area (Å²) in [5, 5.41) is 69.2. The SMILES string of the molecule is CC(=O)C(=O)[C@H](Cc1ccc(O)cc1)NC[C@H]1CCCCN(C)CCCCN(CC(=O)N[C@@H](Cc2ccc(O)cc2)C(=O)O)N[C@@H](CC(C)C)C(=O)C(=O)C(Cc2ccc(O)cc2)NC(=O)[C@H](CCC(N)=O)NC(=O)C(CO)NC(=O)[C@H](Cc2c[nH]c3ccccc23)NC1=O.CCC(=O)CN1CCCCN(C)CCCC[C@H](CCC(C)=O)C(=O)C1. The zero-order valence-corrected chi connectivity index (χ0v) is 70.3. The quantitative estimate of drug-likeness (QED) is 0.0301. The number of aromatic nitrogens is 1. The van der Waals surface area contributed by atoms with Crippen LogP contribution in [-0.2, 0) is 92.8 Å². The molecule has 2 aliphatic rings. The highest BCUT2D eigenvalue weighted by Crippen LogP contribution is 2.24. The number of nitrogens with two attached hydrogens (primary N) is 1. The normalized spacial score (nSPS) is 21.1. The van der Waals surface area contributed by atoms with Gasteiger partial charge in [0.2, 0.25) is 52.8 Å². The Hall–Kier alpha value is -10.5. The average molecular weight is 1670 g/mol. The summed E-state index contributed by atoms with van der Waals surface area (Å²) in [5.74, 6) is -11.4. The van der Waals surface area contributed by atoms with Gasteiger partial charge in [-0.3, -0.25) is 62.4 Å². The third-order valence-corrected chi connectivity index (χ3v) is 21.5. The molecule has 15 N–H and O–H groups in total. The number of rotatable bonds is 29. The summed E-state index contributed by atoms with van der Waals surface area (Å²) in [6.45, 7) is 11.2. The molecule has 656 valence electrons. The Morgan fingerprint density at radius 3 is 1.62 bits per heavy atom. The summed E-state index contributed by atoms with van der Waals surface area (Å²) in [6, 6.07) is 14.0. The van der Waals surface area contributed by atoms with Crippen molar-refractivity contribution in [2.45, 2.75) is 205 Å². The third kappa shape index (κ3) is 35.1. The molecule has 0 spiro atoms. The number of primary amides is 1. The van der Waals surface area contributed by atoms with E-state index in [1.807, 2.05) is 29.8 Å². The zero-order chi connectivity index (χ0) is 88.0. The molecule has 3 heterocycles. The maximum absolute atomic E-state index is 14.9. The number of hydrazine groups is 1. The fraction of sp³-hybridized carbons (Fsp3) is 0.545. The number of phenolic OH excluding ortho intramolecular Hbond substituents is 3. The van der Waals surface area contributed by atoms with Gasteiger partial charge in [0.25, 0.3) is 0 Å². The Morgan fingerprint density at radius 2 is 1.07 bits per heavy atom. The number of aromatic hydroxyl groups is 3. The molecule has 2 saturated heterocycles. The number of carbonyl (C=O) groups excluding carboxylic acids is 13. The van der Waals surface area contributed by atoms with Crippen molar-refractivity contribution in [3.63, 3.8) is 0 Å². The number of aromatic amines is 1. The highest BCUT2D eigenvalue weighted by atomic mass is 16.4. The lowest BCUT2D eigenvalue weighted by Crippen LogP contribution is -2.60. The van der Waals surface area contributed by atoms with Crippen molar-refractivity contribution in [1.82, 2.24) is 62.0 Å². The fourth-order valence-electron chi connectivity index (χ4n) is 14.5. The van der Waals surface area contributed by atoms with Gasteiger partial charge >= 0.3 is 5.97 Å². The van der Waals surface area contributed by atoms with Gasteiger partial charge in [-0.1, -0.05) is 88.2 Å². The molecule has 2 unspecified atom stereocenters. The molecule has 6 amide bonds. The van der Waals surface area contributed by atoms with Gasteiger partial charge in [0.15, 0.2) is 5.78 Å². The number of carboxylic acid groups (broad SMARTS) is 1. The van der Waals surface area contributed by atoms with Gasteiger partial charge < -0.3 is 82.7 Å². The van der Waals surface area contributed by atoms with Crippen LogP contribution in [0.1, 0.15) is 160 Å². The number of ketones is 7. The summed E-state index contributed by atoms with van der Waals surface area (Å²) < 4.78 is 0. The van der Waals surface area contributed by atoms with Crippen LogP contribution in [0.3, 0.4) is 0 Å². The fourth-order valence-corrected chi connectivity index (χ4v) is 14.5. The molecule has 0 radical (unpaired) electrons. The minimum atomic E-state index is -1.83. The Labute approximate surface area is 702 Å². The van der Waals surface area contributed by atoms with Crippen LogP contribution in [0, 0.1) is 17.8 Å². The predicted octanol–water partition coefficient (Wildman–Crippen LogP) is 4.03. The molecular formula is C88H125N13O19. The number of nitrogens with zero attached hydrogens (tertiary/aromatic N) is 4. The van der Waals surface area contributed by atoms with Gasteiger partial charge in [-0.15, -0.1) is 0 Å². The Morgan fingerprint density at radius 1 is 0.558 bits per heavy atom. The molecule has 4 aromatic carbocycles. The number of nitrogens with one attached hydrogen (secondary N) is 8. The monoisotopic (exact) mass is 1670 g/mol. The van der Waals surface area contributed by atoms with Gasteiger partial charge in [0, 0.05) is 81.6 Å². The van der Waals surface area contributed by atoms with Crippen molar-refractivity contribution < 1.29 is 92.7 Å². The molecule has 120 heavy (non-hydrogen) atoms. The second-order valence-electron chi connectivity index (χ2n) is 32.1. The minimum Gasteiger partial charge on any atom is -0.508 e. The Bertz CT molecular complexity index is 4210. The molecule has 32 nitrogen and oxygen atoms in total. The Kier molecular flexibility index (Phi) is 42.0. The number of aliphatic hydroxyl groups excluding tert-OH is 1. The smallest absolute Gasteiger partial charge is 0.326 e. The van der Waals surface area contributed by atoms with Crippen LogP contribution in [0.4, 0.5) is 0 Å². The van der Waals surface area contributed by atoms with E-state index in [-0.39, 0.29) is 98.0 Å². The number of carboxylic acids is 1. The van der Waals surface area contributed by atoms with E-state index in [4.69, 9.17) is 5.73 Å². The number of phenols is 3. The molecule has 32 heteroatoms. The van der Waals surface area contributed by atoms with Crippen LogP contribution >= 0.6 is 0 Å². The average Bonchev–Trinajstić information content (AvgIpc) is 1.65. The van der Waals surface area contributed by atoms with Gasteiger partial charge in [-0.2, -0.15) is 0 Å². The van der Waals surface area contributed by atoms with E-state index >= 15 is 0 Å². The lowest BCUT2D eigenvalue weighted by atomic mass is 9.91. The van der Waals surface area contributed by atoms with Crippen LogP contribution < -0.4 is 43.1 Å². The number of benzene rings is 4. The van der Waals surface area contributed by atoms with Gasteiger partial charge in [-0.25, -0.2) is 15.2 Å². The lowest BCUT2D eigenvalue weighted by Gasteiger charge is -2.30. The maximum atomic E-state index is 14.9. The minimum absolute atomic E-state index is 0.00702. The van der Waals surface area contributed by atoms with Crippen LogP contribution in [0.15, 0.2) is 103 Å². The first kappa shape index (κ1) is 98.3. The number of aliphatic hydroxyl groups is 1. The van der Waals surface area contributed by atoms with Crippen molar-refractivity contribution in [1.29, 1.82) is 0 Å². The van der Waals surface area contributed by atoms with Gasteiger partial charge in [0.05, 0.1) is 50.3 Å². The predicted molar refractivity (Wildman–Crippen MR) is 450 cm³/mol. The molecule has 9 atom stereocenters. The summed E-state index contributed by atoms with van der Waals surface area (Å²) in [6.07, 6.45) is 8.80. The number of hydrogen-bond acceptors (Lipinski definition) is 24. The maximum Gasteiger partial charge on any atom is 0.326 e. The first-order chi connectivity index (χ1) is 57.2. The number of para-hydroxylation sites is 1. The second-order valence-corrected chi connectivity index (χ2v) is 32.1. The number of fused-ring (bicyclic) bond motifs is 1. The van der Waals surface area contributed by atoms with E-state index < -0.39 is 139 Å².